The highest BCUT2D eigenvalue weighted by atomic mass is 32.2. The lowest BCUT2D eigenvalue weighted by atomic mass is 10.0. The van der Waals surface area contributed by atoms with Gasteiger partial charge < -0.3 is 4.55 Å². The number of pyridine rings is 1. The van der Waals surface area contributed by atoms with Crippen LogP contribution in [0.3, 0.4) is 0 Å². The molecule has 0 radical (unpaired) electrons. The molecule has 6 nitrogen and oxygen atoms in total. The summed E-state index contributed by atoms with van der Waals surface area (Å²) >= 11 is 2.12. The maximum atomic E-state index is 13.2. The molecule has 1 N–H and O–H groups in total. The molecule has 0 saturated heterocycles. The van der Waals surface area contributed by atoms with Gasteiger partial charge >= 0.3 is 0 Å². The summed E-state index contributed by atoms with van der Waals surface area (Å²) in [5.41, 5.74) is 2.79. The molecule has 0 amide bonds. The number of aromatic nitrogens is 5. The zero-order valence-electron chi connectivity index (χ0n) is 14.4. The van der Waals surface area contributed by atoms with Gasteiger partial charge in [0.1, 0.15) is 32.1 Å². The monoisotopic (exact) mass is 413 g/mol. The van der Waals surface area contributed by atoms with Gasteiger partial charge in [-0.15, -0.1) is 11.3 Å². The summed E-state index contributed by atoms with van der Waals surface area (Å²) in [6.45, 7) is 1.97. The molecular weight excluding hydrogens is 398 g/mol. The van der Waals surface area contributed by atoms with E-state index in [4.69, 9.17) is 4.98 Å². The van der Waals surface area contributed by atoms with Crippen LogP contribution in [-0.4, -0.2) is 34.4 Å². The second-order valence-electron chi connectivity index (χ2n) is 6.83. The summed E-state index contributed by atoms with van der Waals surface area (Å²) in [6.07, 6.45) is 6.93. The molecule has 1 atom stereocenters. The van der Waals surface area contributed by atoms with Gasteiger partial charge in [-0.2, -0.15) is 0 Å². The number of aryl methyl sites for hydroxylation is 1. The van der Waals surface area contributed by atoms with Gasteiger partial charge in [0, 0.05) is 28.1 Å². The summed E-state index contributed by atoms with van der Waals surface area (Å²) < 4.78 is 16.1. The lowest BCUT2D eigenvalue weighted by Gasteiger charge is -2.26. The van der Waals surface area contributed by atoms with Crippen LogP contribution < -0.4 is 0 Å². The molecule has 0 unspecified atom stereocenters. The highest BCUT2D eigenvalue weighted by Crippen LogP contribution is 2.43. The second-order valence-corrected chi connectivity index (χ2v) is 10.6. The van der Waals surface area contributed by atoms with Gasteiger partial charge in [0.15, 0.2) is 0 Å². The van der Waals surface area contributed by atoms with E-state index >= 15 is 0 Å². The number of hydrogen-bond acceptors (Lipinski definition) is 6. The van der Waals surface area contributed by atoms with Crippen molar-refractivity contribution < 1.29 is 4.55 Å². The predicted octanol–water partition coefficient (Wildman–Crippen LogP) is 4.52. The largest absolute Gasteiger partial charge is 0.611 e. The lowest BCUT2D eigenvalue weighted by molar-refractivity contribution is 0.478. The average molecular weight is 414 g/mol. The van der Waals surface area contributed by atoms with Gasteiger partial charge in [0.25, 0.3) is 0 Å². The smallest absolute Gasteiger partial charge is 0.234 e. The Morgan fingerprint density at radius 2 is 2.22 bits per heavy atom. The zero-order chi connectivity index (χ0) is 18.1. The molecule has 0 aliphatic heterocycles. The minimum atomic E-state index is -1.01. The van der Waals surface area contributed by atoms with Gasteiger partial charge in [0.2, 0.25) is 4.21 Å². The van der Waals surface area contributed by atoms with Crippen molar-refractivity contribution in [2.45, 2.75) is 35.6 Å². The van der Waals surface area contributed by atoms with E-state index in [1.807, 2.05) is 23.0 Å². The molecule has 1 aliphatic carbocycles. The molecule has 6 rings (SSSR count). The molecule has 0 spiro atoms. The van der Waals surface area contributed by atoms with Gasteiger partial charge in [-0.3, -0.25) is 5.10 Å². The minimum absolute atomic E-state index is 0.267. The Balaban J connectivity index is 1.72. The van der Waals surface area contributed by atoms with Gasteiger partial charge in [-0.1, -0.05) is 11.3 Å². The summed E-state index contributed by atoms with van der Waals surface area (Å²) in [7, 11) is 0. The molecule has 1 aliphatic rings. The van der Waals surface area contributed by atoms with E-state index in [0.717, 1.165) is 60.2 Å². The number of rotatable bonds is 3. The minimum Gasteiger partial charge on any atom is -0.611 e. The highest BCUT2D eigenvalue weighted by Gasteiger charge is 2.35. The third-order valence-corrected chi connectivity index (χ3v) is 9.32. The number of thiazole rings is 1. The number of nitrogens with one attached hydrogen (secondary N) is 1. The highest BCUT2D eigenvalue weighted by molar-refractivity contribution is 7.94. The van der Waals surface area contributed by atoms with Crippen molar-refractivity contribution in [3.8, 4) is 10.7 Å². The molecule has 5 aromatic heterocycles. The average Bonchev–Trinajstić information content (AvgIpc) is 3.34. The fourth-order valence-corrected chi connectivity index (χ4v) is 7.47. The summed E-state index contributed by atoms with van der Waals surface area (Å²) in [5.74, 6) is 0.878. The fourth-order valence-electron chi connectivity index (χ4n) is 3.61. The summed E-state index contributed by atoms with van der Waals surface area (Å²) in [4.78, 5) is 14.7. The number of nitrogens with zero attached hydrogens (tertiary/aromatic N) is 4. The second kappa shape index (κ2) is 5.78. The Kier molecular flexibility index (Phi) is 3.44. The van der Waals surface area contributed by atoms with E-state index in [2.05, 4.69) is 21.1 Å². The van der Waals surface area contributed by atoms with Crippen molar-refractivity contribution in [1.29, 1.82) is 0 Å². The number of H-pyrrole nitrogens is 1. The van der Waals surface area contributed by atoms with E-state index in [0.29, 0.717) is 0 Å². The van der Waals surface area contributed by atoms with Crippen LogP contribution in [0.1, 0.15) is 25.1 Å². The fraction of sp³-hybridized carbons (Fsp3) is 0.278. The molecule has 5 heterocycles. The molecule has 1 saturated carbocycles. The van der Waals surface area contributed by atoms with Crippen LogP contribution in [0.5, 0.6) is 0 Å². The lowest BCUT2D eigenvalue weighted by Crippen LogP contribution is -2.28. The van der Waals surface area contributed by atoms with Gasteiger partial charge in [-0.25, -0.2) is 19.5 Å². The third-order valence-electron chi connectivity index (χ3n) is 5.26. The number of fused-ring (bicyclic) bond motifs is 2. The first-order valence-electron chi connectivity index (χ1n) is 8.80. The first kappa shape index (κ1) is 16.1. The maximum absolute atomic E-state index is 13.2. The van der Waals surface area contributed by atoms with E-state index in [-0.39, 0.29) is 5.25 Å². The van der Waals surface area contributed by atoms with Crippen molar-refractivity contribution in [1.82, 2.24) is 24.6 Å². The van der Waals surface area contributed by atoms with Crippen LogP contribution in [-0.2, 0) is 11.2 Å². The number of imidazole rings is 1. The summed E-state index contributed by atoms with van der Waals surface area (Å²) in [6, 6.07) is 2.08. The Bertz CT molecular complexity index is 1300. The topological polar surface area (TPSA) is 81.9 Å². The van der Waals surface area contributed by atoms with Crippen LogP contribution >= 0.6 is 22.7 Å². The van der Waals surface area contributed by atoms with Gasteiger partial charge in [-0.05, 0) is 32.3 Å². The predicted molar refractivity (Wildman–Crippen MR) is 110 cm³/mol. The number of thiophene rings is 1. The Morgan fingerprint density at radius 3 is 2.96 bits per heavy atom. The number of aromatic amines is 1. The zero-order valence-corrected chi connectivity index (χ0v) is 16.9. The van der Waals surface area contributed by atoms with Crippen molar-refractivity contribution in [3.63, 3.8) is 0 Å². The summed E-state index contributed by atoms with van der Waals surface area (Å²) in [5, 5.41) is 8.71. The van der Waals surface area contributed by atoms with Crippen LogP contribution in [0.4, 0.5) is 0 Å². The Hall–Kier alpha value is -1.94. The maximum Gasteiger partial charge on any atom is 0.234 e. The molecule has 136 valence electrons. The first-order chi connectivity index (χ1) is 13.2. The molecule has 0 aromatic carbocycles. The normalized spacial score (nSPS) is 16.5. The Morgan fingerprint density at radius 1 is 1.33 bits per heavy atom. The van der Waals surface area contributed by atoms with Crippen molar-refractivity contribution in [2.24, 2.45) is 0 Å². The van der Waals surface area contributed by atoms with Gasteiger partial charge in [0.05, 0.1) is 17.1 Å². The number of hydrogen-bond donors (Lipinski definition) is 1. The molecule has 27 heavy (non-hydrogen) atoms. The van der Waals surface area contributed by atoms with Crippen LogP contribution in [0.25, 0.3) is 37.3 Å². The van der Waals surface area contributed by atoms with Crippen LogP contribution in [0.2, 0.25) is 0 Å². The Labute approximate surface area is 165 Å². The van der Waals surface area contributed by atoms with Crippen LogP contribution in [0, 0.1) is 6.92 Å². The third kappa shape index (κ3) is 2.25. The van der Waals surface area contributed by atoms with E-state index < -0.39 is 11.2 Å². The molecule has 9 heteroatoms. The molecule has 1 fully saturated rings. The standard InChI is InChI=1S/C18H15N5OS3/c1-9-20-8-13-11-7-12(16-19-5-6-25-16)21-17-14(11)15(22-23(9)13)18(26-17)27(24)10-3-2-4-10/h5-8,10,22H,2-4H2,1H3/t27-/m1/s1. The quantitative estimate of drug-likeness (QED) is 0.441. The van der Waals surface area contributed by atoms with Crippen molar-refractivity contribution in [2.75, 3.05) is 0 Å². The van der Waals surface area contributed by atoms with E-state index in [9.17, 15) is 4.55 Å². The van der Waals surface area contributed by atoms with Crippen LogP contribution in [0.15, 0.2) is 28.0 Å². The SMILES string of the molecule is Cc1ncc2c3cc(-c4nccs4)nc4sc([S@+]([O-])C5CCC5)c([nH]n12)c43. The van der Waals surface area contributed by atoms with E-state index in [1.165, 1.54) is 6.42 Å². The molecule has 5 aromatic rings. The van der Waals surface area contributed by atoms with E-state index in [1.54, 1.807) is 28.9 Å². The van der Waals surface area contributed by atoms with Crippen molar-refractivity contribution >= 4 is 60.5 Å². The molecule has 0 bridgehead atoms. The molecular formula is C18H15N5OS3. The first-order valence-corrected chi connectivity index (χ1v) is 11.7. The van der Waals surface area contributed by atoms with Crippen molar-refractivity contribution in [3.05, 3.63) is 29.7 Å².